The third-order valence-corrected chi connectivity index (χ3v) is 12.3. The average molecular weight is 874 g/mol. The number of fused-ring (bicyclic) bond motifs is 5. The van der Waals surface area contributed by atoms with Crippen molar-refractivity contribution in [1.29, 1.82) is 0 Å². The Morgan fingerprint density at radius 2 is 1.37 bits per heavy atom. The molecule has 21 nitrogen and oxygen atoms in total. The highest BCUT2D eigenvalue weighted by molar-refractivity contribution is 5.92. The van der Waals surface area contributed by atoms with Crippen LogP contribution in [0.1, 0.15) is 94.5 Å². The maximum absolute atomic E-state index is 14.6. The highest BCUT2D eigenvalue weighted by Crippen LogP contribution is 2.70. The monoisotopic (exact) mass is 873 g/mol. The summed E-state index contributed by atoms with van der Waals surface area (Å²) in [5.41, 5.74) is -13.7. The van der Waals surface area contributed by atoms with Gasteiger partial charge in [0, 0.05) is 52.9 Å². The number of cyclic esters (lactones) is 1. The van der Waals surface area contributed by atoms with E-state index in [-0.39, 0.29) is 16.7 Å². The van der Waals surface area contributed by atoms with Crippen molar-refractivity contribution in [3.05, 3.63) is 53.7 Å². The van der Waals surface area contributed by atoms with Gasteiger partial charge in [-0.3, -0.25) is 29.0 Å². The van der Waals surface area contributed by atoms with Gasteiger partial charge in [0.25, 0.3) is 0 Å². The van der Waals surface area contributed by atoms with Crippen molar-refractivity contribution in [3.63, 3.8) is 0 Å². The second kappa shape index (κ2) is 16.1. The molecular weight excluding hydrogens is 826 g/mol. The molecule has 4 bridgehead atoms. The smallest absolute Gasteiger partial charge is 0.341 e. The Morgan fingerprint density at radius 1 is 0.806 bits per heavy atom. The Labute approximate surface area is 353 Å². The van der Waals surface area contributed by atoms with E-state index in [0.29, 0.717) is 0 Å². The number of aliphatic hydroxyl groups is 2. The summed E-state index contributed by atoms with van der Waals surface area (Å²) in [6.07, 6.45) is -8.23. The van der Waals surface area contributed by atoms with Gasteiger partial charge in [-0.25, -0.2) is 14.4 Å². The van der Waals surface area contributed by atoms with Gasteiger partial charge < -0.3 is 57.3 Å². The maximum Gasteiger partial charge on any atom is 0.341 e. The summed E-state index contributed by atoms with van der Waals surface area (Å²) in [4.78, 5) is 113. The Bertz CT molecular complexity index is 2170. The van der Waals surface area contributed by atoms with Gasteiger partial charge in [0.15, 0.2) is 35.6 Å². The van der Waals surface area contributed by atoms with E-state index in [0.717, 1.165) is 67.2 Å². The van der Waals surface area contributed by atoms with Crippen LogP contribution in [0.2, 0.25) is 0 Å². The van der Waals surface area contributed by atoms with Crippen LogP contribution in [0.3, 0.4) is 0 Å². The van der Waals surface area contributed by atoms with Crippen molar-refractivity contribution >= 4 is 47.8 Å². The van der Waals surface area contributed by atoms with Crippen molar-refractivity contribution in [2.75, 3.05) is 13.2 Å². The van der Waals surface area contributed by atoms with E-state index in [1.54, 1.807) is 0 Å². The minimum atomic E-state index is -2.99. The Balaban J connectivity index is 1.80. The first kappa shape index (κ1) is 45.6. The molecule has 0 amide bonds. The number of furan rings is 1. The molecule has 13 unspecified atom stereocenters. The normalized spacial score (nSPS) is 37.3. The molecule has 2 aliphatic heterocycles. The minimum Gasteiger partial charge on any atom is -0.472 e. The number of carbonyl (C=O) groups is 8. The number of rotatable bonds is 8. The van der Waals surface area contributed by atoms with Crippen molar-refractivity contribution < 1.29 is 95.6 Å². The van der Waals surface area contributed by atoms with Crippen LogP contribution in [0, 0.1) is 11.3 Å². The zero-order valence-electron chi connectivity index (χ0n) is 35.2. The quantitative estimate of drug-likeness (QED) is 0.277. The SMILES string of the molecule is CC(=O)OC1C2C(OC(C)=O)C34OC2(C)COC(=O)c2cnccc2C(C)C(C)(O)C(=O)OC(C(OC(C)=O)C(OC(C)=O)C3(COC(=O)c2ccoc2)C1OC(C)=O)C4(C)O. The molecule has 21 heteroatoms. The van der Waals surface area contributed by atoms with Crippen LogP contribution in [0.25, 0.3) is 0 Å². The number of carbonyl (C=O) groups excluding carboxylic acids is 8. The zero-order chi connectivity index (χ0) is 45.9. The van der Waals surface area contributed by atoms with Crippen LogP contribution >= 0.6 is 0 Å². The summed E-state index contributed by atoms with van der Waals surface area (Å²) in [6, 6.07) is 2.56. The highest BCUT2D eigenvalue weighted by Gasteiger charge is 2.92. The van der Waals surface area contributed by atoms with E-state index < -0.39 is 137 Å². The van der Waals surface area contributed by atoms with Crippen LogP contribution in [0.15, 0.2) is 41.5 Å². The molecule has 1 saturated heterocycles. The van der Waals surface area contributed by atoms with E-state index in [2.05, 4.69) is 4.98 Å². The predicted molar refractivity (Wildman–Crippen MR) is 199 cm³/mol. The minimum absolute atomic E-state index is 0.0467. The molecule has 0 aromatic carbocycles. The number of pyridine rings is 1. The molecule has 4 heterocycles. The molecule has 2 saturated carbocycles. The molecule has 3 fully saturated rings. The fourth-order valence-corrected chi connectivity index (χ4v) is 9.72. The van der Waals surface area contributed by atoms with Gasteiger partial charge in [-0.2, -0.15) is 0 Å². The first-order valence-corrected chi connectivity index (χ1v) is 19.4. The zero-order valence-corrected chi connectivity index (χ0v) is 35.2. The molecule has 13 atom stereocenters. The van der Waals surface area contributed by atoms with Crippen molar-refractivity contribution in [2.45, 2.75) is 127 Å². The highest BCUT2D eigenvalue weighted by atomic mass is 16.7. The first-order valence-electron chi connectivity index (χ1n) is 19.4. The summed E-state index contributed by atoms with van der Waals surface area (Å²) in [5, 5.41) is 25.6. The predicted octanol–water partition coefficient (Wildman–Crippen LogP) is 1.04. The largest absolute Gasteiger partial charge is 0.472 e. The lowest BCUT2D eigenvalue weighted by atomic mass is 9.45. The average Bonchev–Trinajstić information content (AvgIpc) is 3.79. The maximum atomic E-state index is 14.6. The lowest BCUT2D eigenvalue weighted by molar-refractivity contribution is -0.387. The van der Waals surface area contributed by atoms with Gasteiger partial charge >= 0.3 is 47.8 Å². The van der Waals surface area contributed by atoms with E-state index >= 15 is 0 Å². The summed E-state index contributed by atoms with van der Waals surface area (Å²) in [5.74, 6) is -12.1. The lowest BCUT2D eigenvalue weighted by Gasteiger charge is -2.67. The molecule has 2 aliphatic carbocycles. The van der Waals surface area contributed by atoms with Crippen LogP contribution in [-0.2, 0) is 71.4 Å². The van der Waals surface area contributed by atoms with Crippen LogP contribution in [-0.4, -0.2) is 135 Å². The standard InChI is InChI=1S/C41H47NO20/c1-18-25-10-12-42-14-26(25)35(49)54-16-37(7)27-28(56-19(2)43)32(59-22(5)46)40(17-55-34(48)24-11-13-53-15-24)33(60-23(6)47)29(57-20(3)44)31(61-36(50)38(18,8)51)39(9,52)41(40,62-37)30(27)58-21(4)45/h10-15,18,27-33,51-52H,16-17H2,1-9H3. The molecular formula is C41H47NO20. The number of ether oxygens (including phenoxy) is 9. The van der Waals surface area contributed by atoms with Crippen LogP contribution < -0.4 is 0 Å². The van der Waals surface area contributed by atoms with Crippen LogP contribution in [0.5, 0.6) is 0 Å². The van der Waals surface area contributed by atoms with Gasteiger partial charge in [-0.1, -0.05) is 6.92 Å². The number of aromatic nitrogens is 1. The summed E-state index contributed by atoms with van der Waals surface area (Å²) < 4.78 is 59.7. The number of hydrogen-bond donors (Lipinski definition) is 2. The Hall–Kier alpha value is -5.93. The van der Waals surface area contributed by atoms with Crippen molar-refractivity contribution in [2.24, 2.45) is 11.3 Å². The lowest BCUT2D eigenvalue weighted by Crippen LogP contribution is -2.89. The van der Waals surface area contributed by atoms with Crippen LogP contribution in [0.4, 0.5) is 0 Å². The number of nitrogens with zero attached hydrogens (tertiary/aromatic N) is 1. The fourth-order valence-electron chi connectivity index (χ4n) is 9.72. The van der Waals surface area contributed by atoms with E-state index in [1.807, 2.05) is 0 Å². The molecule has 0 radical (unpaired) electrons. The summed E-state index contributed by atoms with van der Waals surface area (Å²) in [6.45, 7) is 7.47. The molecule has 4 aliphatic rings. The molecule has 62 heavy (non-hydrogen) atoms. The second-order valence-corrected chi connectivity index (χ2v) is 16.4. The molecule has 1 spiro atoms. The summed E-state index contributed by atoms with van der Waals surface area (Å²) >= 11 is 0. The number of esters is 8. The van der Waals surface area contributed by atoms with E-state index in [1.165, 1.54) is 32.2 Å². The van der Waals surface area contributed by atoms with Gasteiger partial charge in [-0.15, -0.1) is 0 Å². The van der Waals surface area contributed by atoms with Gasteiger partial charge in [0.05, 0.1) is 23.3 Å². The third-order valence-electron chi connectivity index (χ3n) is 12.3. The molecule has 2 N–H and O–H groups in total. The van der Waals surface area contributed by atoms with Gasteiger partial charge in [-0.05, 0) is 38.5 Å². The topological polar surface area (TPSA) is 286 Å². The Morgan fingerprint density at radius 3 is 1.94 bits per heavy atom. The molecule has 6 rings (SSSR count). The van der Waals surface area contributed by atoms with Crippen molar-refractivity contribution in [1.82, 2.24) is 4.98 Å². The van der Waals surface area contributed by atoms with E-state index in [4.69, 9.17) is 47.0 Å². The van der Waals surface area contributed by atoms with Crippen molar-refractivity contribution in [3.8, 4) is 0 Å². The third kappa shape index (κ3) is 7.14. The Kier molecular flexibility index (Phi) is 11.8. The van der Waals surface area contributed by atoms with E-state index in [9.17, 15) is 48.6 Å². The number of hydrogen-bond acceptors (Lipinski definition) is 21. The van der Waals surface area contributed by atoms with Gasteiger partial charge in [0.1, 0.15) is 48.3 Å². The molecule has 336 valence electrons. The van der Waals surface area contributed by atoms with Gasteiger partial charge in [0.2, 0.25) is 0 Å². The second-order valence-electron chi connectivity index (χ2n) is 16.4. The summed E-state index contributed by atoms with van der Waals surface area (Å²) in [7, 11) is 0. The molecule has 2 aromatic heterocycles. The molecule has 2 aromatic rings. The first-order chi connectivity index (χ1) is 28.9. The fraction of sp³-hybridized carbons (Fsp3) is 0.585.